The van der Waals surface area contributed by atoms with Gasteiger partial charge >= 0.3 is 0 Å². The number of hydrogen-bond acceptors (Lipinski definition) is 4. The van der Waals surface area contributed by atoms with Crippen molar-refractivity contribution < 1.29 is 14.3 Å². The van der Waals surface area contributed by atoms with Crippen LogP contribution < -0.4 is 15.4 Å². The topological polar surface area (TPSA) is 59.6 Å². The van der Waals surface area contributed by atoms with Crippen molar-refractivity contribution in [1.82, 2.24) is 10.6 Å². The Morgan fingerprint density at radius 1 is 1.33 bits per heavy atom. The van der Waals surface area contributed by atoms with E-state index in [4.69, 9.17) is 9.47 Å². The molecular weight excluding hydrogens is 336 g/mol. The Bertz CT molecular complexity index is 441. The van der Waals surface area contributed by atoms with Gasteiger partial charge in [0.1, 0.15) is 5.75 Å². The Kier molecular flexibility index (Phi) is 9.05. The number of rotatable bonds is 10. The van der Waals surface area contributed by atoms with Crippen LogP contribution >= 0.6 is 15.9 Å². The number of ether oxygens (including phenoxy) is 2. The van der Waals surface area contributed by atoms with Gasteiger partial charge in [-0.25, -0.2) is 0 Å². The Hall–Kier alpha value is -1.11. The number of carbonyl (C=O) groups excluding carboxylic acids is 1. The molecule has 0 atom stereocenters. The van der Waals surface area contributed by atoms with Gasteiger partial charge in [-0.1, -0.05) is 12.1 Å². The number of methoxy groups -OCH3 is 1. The van der Waals surface area contributed by atoms with Gasteiger partial charge in [0.25, 0.3) is 0 Å². The van der Waals surface area contributed by atoms with Crippen LogP contribution in [0.3, 0.4) is 0 Å². The molecule has 1 aromatic rings. The molecule has 0 aliphatic carbocycles. The van der Waals surface area contributed by atoms with E-state index in [0.29, 0.717) is 32.7 Å². The molecule has 0 heterocycles. The quantitative estimate of drug-likeness (QED) is 0.628. The standard InChI is InChI=1S/C15H23BrN2O3/c1-3-18-14(19)7-9-21-15-12(5-4-6-13(15)16)11-17-8-10-20-2/h4-6,17H,3,7-11H2,1-2H3,(H,18,19). The third-order valence-corrected chi connectivity index (χ3v) is 3.42. The van der Waals surface area contributed by atoms with E-state index in [1.807, 2.05) is 25.1 Å². The van der Waals surface area contributed by atoms with E-state index in [0.717, 1.165) is 22.3 Å². The lowest BCUT2D eigenvalue weighted by Crippen LogP contribution is -2.24. The maximum absolute atomic E-state index is 11.4. The van der Waals surface area contributed by atoms with Crippen LogP contribution in [0.2, 0.25) is 0 Å². The van der Waals surface area contributed by atoms with Gasteiger partial charge in [0, 0.05) is 32.3 Å². The lowest BCUT2D eigenvalue weighted by Gasteiger charge is -2.14. The van der Waals surface area contributed by atoms with Crippen molar-refractivity contribution in [2.45, 2.75) is 19.9 Å². The maximum atomic E-state index is 11.4. The minimum absolute atomic E-state index is 0.00400. The molecule has 0 spiro atoms. The highest BCUT2D eigenvalue weighted by molar-refractivity contribution is 9.10. The second-order valence-electron chi connectivity index (χ2n) is 4.45. The van der Waals surface area contributed by atoms with Gasteiger partial charge in [-0.15, -0.1) is 0 Å². The van der Waals surface area contributed by atoms with Gasteiger partial charge in [0.15, 0.2) is 0 Å². The fourth-order valence-electron chi connectivity index (χ4n) is 1.78. The molecule has 1 amide bonds. The molecule has 6 heteroatoms. The highest BCUT2D eigenvalue weighted by Crippen LogP contribution is 2.29. The highest BCUT2D eigenvalue weighted by atomic mass is 79.9. The second-order valence-corrected chi connectivity index (χ2v) is 5.30. The number of nitrogens with one attached hydrogen (secondary N) is 2. The number of para-hydroxylation sites is 1. The molecule has 0 aromatic heterocycles. The van der Waals surface area contributed by atoms with Crippen molar-refractivity contribution in [2.75, 3.05) is 33.4 Å². The summed E-state index contributed by atoms with van der Waals surface area (Å²) in [5.41, 5.74) is 1.05. The molecule has 0 unspecified atom stereocenters. The molecule has 5 nitrogen and oxygen atoms in total. The van der Waals surface area contributed by atoms with E-state index in [1.165, 1.54) is 0 Å². The molecule has 1 aromatic carbocycles. The van der Waals surface area contributed by atoms with Gasteiger partial charge in [-0.05, 0) is 28.9 Å². The number of carbonyl (C=O) groups is 1. The summed E-state index contributed by atoms with van der Waals surface area (Å²) in [4.78, 5) is 11.4. The average molecular weight is 359 g/mol. The van der Waals surface area contributed by atoms with Crippen molar-refractivity contribution >= 4 is 21.8 Å². The average Bonchev–Trinajstić information content (AvgIpc) is 2.46. The first-order valence-corrected chi connectivity index (χ1v) is 7.84. The Morgan fingerprint density at radius 3 is 2.86 bits per heavy atom. The molecule has 0 fully saturated rings. The molecular formula is C15H23BrN2O3. The predicted molar refractivity (Wildman–Crippen MR) is 86.5 cm³/mol. The van der Waals surface area contributed by atoms with E-state index < -0.39 is 0 Å². The number of halogens is 1. The van der Waals surface area contributed by atoms with E-state index >= 15 is 0 Å². The molecule has 1 rings (SSSR count). The summed E-state index contributed by atoms with van der Waals surface area (Å²) < 4.78 is 11.7. The normalized spacial score (nSPS) is 10.4. The molecule has 0 bridgehead atoms. The van der Waals surface area contributed by atoms with E-state index in [-0.39, 0.29) is 5.91 Å². The molecule has 0 radical (unpaired) electrons. The van der Waals surface area contributed by atoms with Crippen molar-refractivity contribution in [2.24, 2.45) is 0 Å². The molecule has 21 heavy (non-hydrogen) atoms. The monoisotopic (exact) mass is 358 g/mol. The summed E-state index contributed by atoms with van der Waals surface area (Å²) >= 11 is 3.49. The van der Waals surface area contributed by atoms with Crippen LogP contribution in [0.25, 0.3) is 0 Å². The van der Waals surface area contributed by atoms with Crippen LogP contribution in [0.1, 0.15) is 18.9 Å². The first-order valence-electron chi connectivity index (χ1n) is 7.05. The number of benzene rings is 1. The summed E-state index contributed by atoms with van der Waals surface area (Å²) in [5, 5.41) is 6.04. The molecule has 0 aliphatic heterocycles. The van der Waals surface area contributed by atoms with Crippen LogP contribution in [0.15, 0.2) is 22.7 Å². The minimum Gasteiger partial charge on any atom is -0.492 e. The number of hydrogen-bond donors (Lipinski definition) is 2. The van der Waals surface area contributed by atoms with Gasteiger partial charge in [0.05, 0.1) is 24.1 Å². The third-order valence-electron chi connectivity index (χ3n) is 2.80. The zero-order valence-electron chi connectivity index (χ0n) is 12.6. The van der Waals surface area contributed by atoms with Crippen LogP contribution in [0, 0.1) is 0 Å². The summed E-state index contributed by atoms with van der Waals surface area (Å²) in [6.45, 7) is 5.04. The minimum atomic E-state index is 0.00400. The fraction of sp³-hybridized carbons (Fsp3) is 0.533. The summed E-state index contributed by atoms with van der Waals surface area (Å²) in [6.07, 6.45) is 0.353. The molecule has 0 aliphatic rings. The van der Waals surface area contributed by atoms with Crippen molar-refractivity contribution in [1.29, 1.82) is 0 Å². The zero-order valence-corrected chi connectivity index (χ0v) is 14.2. The highest BCUT2D eigenvalue weighted by Gasteiger charge is 2.09. The second kappa shape index (κ2) is 10.6. The lowest BCUT2D eigenvalue weighted by molar-refractivity contribution is -0.121. The van der Waals surface area contributed by atoms with Crippen LogP contribution in [-0.2, 0) is 16.1 Å². The first-order chi connectivity index (χ1) is 10.2. The number of amides is 1. The van der Waals surface area contributed by atoms with Gasteiger partial charge in [-0.3, -0.25) is 4.79 Å². The SMILES string of the molecule is CCNC(=O)CCOc1c(Br)cccc1CNCCOC. The summed E-state index contributed by atoms with van der Waals surface area (Å²) in [6, 6.07) is 5.90. The van der Waals surface area contributed by atoms with Gasteiger partial charge < -0.3 is 20.1 Å². The van der Waals surface area contributed by atoms with Crippen LogP contribution in [0.5, 0.6) is 5.75 Å². The summed E-state index contributed by atoms with van der Waals surface area (Å²) in [7, 11) is 1.68. The smallest absolute Gasteiger partial charge is 0.223 e. The van der Waals surface area contributed by atoms with Crippen LogP contribution in [-0.4, -0.2) is 39.3 Å². The van der Waals surface area contributed by atoms with Crippen molar-refractivity contribution in [3.05, 3.63) is 28.2 Å². The van der Waals surface area contributed by atoms with Crippen molar-refractivity contribution in [3.63, 3.8) is 0 Å². The molecule has 0 saturated heterocycles. The van der Waals surface area contributed by atoms with Crippen LogP contribution in [0.4, 0.5) is 0 Å². The van der Waals surface area contributed by atoms with E-state index in [2.05, 4.69) is 26.6 Å². The van der Waals surface area contributed by atoms with Crippen molar-refractivity contribution in [3.8, 4) is 5.75 Å². The zero-order chi connectivity index (χ0) is 15.5. The van der Waals surface area contributed by atoms with E-state index in [9.17, 15) is 4.79 Å². The fourth-order valence-corrected chi connectivity index (χ4v) is 2.30. The molecule has 2 N–H and O–H groups in total. The maximum Gasteiger partial charge on any atom is 0.223 e. The first kappa shape index (κ1) is 17.9. The molecule has 0 saturated carbocycles. The Morgan fingerprint density at radius 2 is 2.14 bits per heavy atom. The van der Waals surface area contributed by atoms with Gasteiger partial charge in [-0.2, -0.15) is 0 Å². The Balaban J connectivity index is 2.52. The third kappa shape index (κ3) is 6.93. The lowest BCUT2D eigenvalue weighted by atomic mass is 10.2. The summed E-state index contributed by atoms with van der Waals surface area (Å²) in [5.74, 6) is 0.788. The Labute approximate surface area is 134 Å². The van der Waals surface area contributed by atoms with E-state index in [1.54, 1.807) is 7.11 Å². The largest absolute Gasteiger partial charge is 0.492 e. The van der Waals surface area contributed by atoms with Gasteiger partial charge in [0.2, 0.25) is 5.91 Å². The molecule has 118 valence electrons. The predicted octanol–water partition coefficient (Wildman–Crippen LogP) is 2.09.